The number of carbonyl (C=O) groups is 1. The summed E-state index contributed by atoms with van der Waals surface area (Å²) in [5.74, 6) is 0.167. The zero-order chi connectivity index (χ0) is 14.8. The Morgan fingerprint density at radius 2 is 1.58 bits per heavy atom. The molecule has 1 aliphatic rings. The maximum Gasteiger partial charge on any atom is 0.317 e. The first kappa shape index (κ1) is 15.8. The number of nitrogens with zero attached hydrogens (tertiary/aromatic N) is 2. The van der Waals surface area contributed by atoms with Gasteiger partial charge in [0, 0.05) is 31.7 Å². The van der Waals surface area contributed by atoms with Crippen LogP contribution in [0.1, 0.15) is 34.6 Å². The third-order valence-corrected chi connectivity index (χ3v) is 3.50. The van der Waals surface area contributed by atoms with E-state index >= 15 is 0 Å². The number of nitrogens with two attached hydrogens (primary N) is 1. The molecule has 0 radical (unpaired) electrons. The van der Waals surface area contributed by atoms with E-state index in [0.29, 0.717) is 13.1 Å². The van der Waals surface area contributed by atoms with Gasteiger partial charge in [-0.2, -0.15) is 0 Å². The molecule has 0 saturated carbocycles. The number of hydrogen-bond donors (Lipinski definition) is 3. The van der Waals surface area contributed by atoms with Crippen LogP contribution >= 0.6 is 0 Å². The Balaban J connectivity index is 2.54. The quantitative estimate of drug-likeness (QED) is 0.512. The predicted octanol–water partition coefficient (Wildman–Crippen LogP) is 0.827. The molecule has 0 aromatic carbocycles. The maximum absolute atomic E-state index is 12.0. The lowest BCUT2D eigenvalue weighted by atomic mass is 10.0. The van der Waals surface area contributed by atoms with Gasteiger partial charge in [0.25, 0.3) is 0 Å². The van der Waals surface area contributed by atoms with Gasteiger partial charge in [-0.05, 0) is 34.6 Å². The van der Waals surface area contributed by atoms with Crippen molar-refractivity contribution in [1.82, 2.24) is 15.1 Å². The molecule has 0 aliphatic carbocycles. The lowest BCUT2D eigenvalue weighted by Crippen LogP contribution is -2.61. The van der Waals surface area contributed by atoms with Gasteiger partial charge in [-0.25, -0.2) is 4.79 Å². The minimum atomic E-state index is -0.438. The third-order valence-electron chi connectivity index (χ3n) is 3.50. The van der Waals surface area contributed by atoms with Gasteiger partial charge in [-0.3, -0.25) is 10.3 Å². The number of amidine groups is 1. The second-order valence-electron chi connectivity index (χ2n) is 6.63. The first-order valence-corrected chi connectivity index (χ1v) is 6.70. The Bertz CT molecular complexity index is 351. The molecule has 0 aromatic rings. The molecule has 1 rings (SSSR count). The average Bonchev–Trinajstić information content (AvgIpc) is 2.26. The highest BCUT2D eigenvalue weighted by Gasteiger charge is 2.33. The second kappa shape index (κ2) is 5.36. The van der Waals surface area contributed by atoms with Crippen molar-refractivity contribution in [2.75, 3.05) is 26.2 Å². The predicted molar refractivity (Wildman–Crippen MR) is 77.4 cm³/mol. The van der Waals surface area contributed by atoms with Crippen molar-refractivity contribution in [2.24, 2.45) is 5.73 Å². The van der Waals surface area contributed by atoms with Gasteiger partial charge in [-0.15, -0.1) is 0 Å². The SMILES string of the molecule is CC(C)(C)NC(=O)N1CCN(C(C)(C)C(=N)N)CC1. The Kier molecular flexibility index (Phi) is 4.45. The van der Waals surface area contributed by atoms with Gasteiger partial charge in [-0.1, -0.05) is 0 Å². The molecule has 1 saturated heterocycles. The summed E-state index contributed by atoms with van der Waals surface area (Å²) in [5.41, 5.74) is 4.97. The van der Waals surface area contributed by atoms with E-state index in [9.17, 15) is 4.79 Å². The molecule has 1 fully saturated rings. The Morgan fingerprint density at radius 1 is 1.11 bits per heavy atom. The first-order chi connectivity index (χ1) is 8.54. The fraction of sp³-hybridized carbons (Fsp3) is 0.846. The monoisotopic (exact) mass is 269 g/mol. The van der Waals surface area contributed by atoms with Gasteiger partial charge in [0.2, 0.25) is 0 Å². The van der Waals surface area contributed by atoms with Crippen molar-refractivity contribution in [3.05, 3.63) is 0 Å². The Morgan fingerprint density at radius 3 is 1.95 bits per heavy atom. The molecular formula is C13H27N5O. The van der Waals surface area contributed by atoms with E-state index in [2.05, 4.69) is 10.2 Å². The van der Waals surface area contributed by atoms with Crippen LogP contribution in [0, 0.1) is 5.41 Å². The van der Waals surface area contributed by atoms with Crippen molar-refractivity contribution in [1.29, 1.82) is 5.41 Å². The first-order valence-electron chi connectivity index (χ1n) is 6.70. The summed E-state index contributed by atoms with van der Waals surface area (Å²) in [6, 6.07) is -0.0206. The molecule has 2 amide bonds. The molecule has 0 bridgehead atoms. The van der Waals surface area contributed by atoms with E-state index in [1.807, 2.05) is 39.5 Å². The summed E-state index contributed by atoms with van der Waals surface area (Å²) in [4.78, 5) is 16.0. The lowest BCUT2D eigenvalue weighted by molar-refractivity contribution is 0.0945. The fourth-order valence-corrected chi connectivity index (χ4v) is 2.04. The highest BCUT2D eigenvalue weighted by Crippen LogP contribution is 2.17. The van der Waals surface area contributed by atoms with E-state index in [1.54, 1.807) is 0 Å². The summed E-state index contributed by atoms with van der Waals surface area (Å²) in [6.07, 6.45) is 0. The van der Waals surface area contributed by atoms with E-state index in [4.69, 9.17) is 11.1 Å². The van der Waals surface area contributed by atoms with Gasteiger partial charge in [0.15, 0.2) is 0 Å². The van der Waals surface area contributed by atoms with Crippen LogP contribution in [-0.2, 0) is 0 Å². The highest BCUT2D eigenvalue weighted by molar-refractivity contribution is 5.86. The normalized spacial score (nSPS) is 18.3. The molecule has 6 nitrogen and oxygen atoms in total. The smallest absolute Gasteiger partial charge is 0.317 e. The van der Waals surface area contributed by atoms with E-state index in [0.717, 1.165) is 13.1 Å². The van der Waals surface area contributed by atoms with Crippen LogP contribution in [0.2, 0.25) is 0 Å². The molecule has 0 unspecified atom stereocenters. The van der Waals surface area contributed by atoms with E-state index in [1.165, 1.54) is 0 Å². The molecule has 110 valence electrons. The summed E-state index contributed by atoms with van der Waals surface area (Å²) in [5, 5.41) is 10.6. The van der Waals surface area contributed by atoms with E-state index in [-0.39, 0.29) is 17.4 Å². The molecule has 0 atom stereocenters. The van der Waals surface area contributed by atoms with Crippen LogP contribution in [0.15, 0.2) is 0 Å². The zero-order valence-corrected chi connectivity index (χ0v) is 12.7. The largest absolute Gasteiger partial charge is 0.386 e. The standard InChI is InChI=1S/C13H27N5O/c1-12(2,3)16-11(19)17-6-8-18(9-7-17)13(4,5)10(14)15/h6-9H2,1-5H3,(H3,14,15)(H,16,19). The van der Waals surface area contributed by atoms with E-state index < -0.39 is 5.54 Å². The van der Waals surface area contributed by atoms with Gasteiger partial charge in [0.1, 0.15) is 5.84 Å². The fourth-order valence-electron chi connectivity index (χ4n) is 2.04. The van der Waals surface area contributed by atoms with Crippen molar-refractivity contribution in [3.8, 4) is 0 Å². The van der Waals surface area contributed by atoms with Crippen LogP contribution in [0.5, 0.6) is 0 Å². The number of nitrogens with one attached hydrogen (secondary N) is 2. The van der Waals surface area contributed by atoms with Crippen LogP contribution in [-0.4, -0.2) is 58.9 Å². The molecular weight excluding hydrogens is 242 g/mol. The lowest BCUT2D eigenvalue weighted by Gasteiger charge is -2.43. The minimum absolute atomic E-state index is 0.0206. The minimum Gasteiger partial charge on any atom is -0.386 e. The number of carbonyl (C=O) groups excluding carboxylic acids is 1. The number of urea groups is 1. The van der Waals surface area contributed by atoms with Crippen molar-refractivity contribution in [3.63, 3.8) is 0 Å². The van der Waals surface area contributed by atoms with Crippen LogP contribution in [0.25, 0.3) is 0 Å². The number of rotatable bonds is 2. The summed E-state index contributed by atoms with van der Waals surface area (Å²) in [7, 11) is 0. The maximum atomic E-state index is 12.0. The number of amides is 2. The Labute approximate surface area is 115 Å². The van der Waals surface area contributed by atoms with Crippen molar-refractivity contribution >= 4 is 11.9 Å². The van der Waals surface area contributed by atoms with Crippen molar-refractivity contribution in [2.45, 2.75) is 45.7 Å². The molecule has 0 spiro atoms. The van der Waals surface area contributed by atoms with Crippen LogP contribution < -0.4 is 11.1 Å². The van der Waals surface area contributed by atoms with Crippen molar-refractivity contribution < 1.29 is 4.79 Å². The Hall–Kier alpha value is -1.30. The topological polar surface area (TPSA) is 85.5 Å². The molecule has 1 heterocycles. The van der Waals surface area contributed by atoms with Gasteiger partial charge < -0.3 is 16.0 Å². The molecule has 4 N–H and O–H groups in total. The zero-order valence-electron chi connectivity index (χ0n) is 12.7. The average molecular weight is 269 g/mol. The van der Waals surface area contributed by atoms with Crippen LogP contribution in [0.3, 0.4) is 0 Å². The number of hydrogen-bond acceptors (Lipinski definition) is 3. The summed E-state index contributed by atoms with van der Waals surface area (Å²) in [6.45, 7) is 12.6. The highest BCUT2D eigenvalue weighted by atomic mass is 16.2. The molecule has 19 heavy (non-hydrogen) atoms. The number of piperazine rings is 1. The van der Waals surface area contributed by atoms with Crippen LogP contribution in [0.4, 0.5) is 4.79 Å². The molecule has 1 aliphatic heterocycles. The van der Waals surface area contributed by atoms with Gasteiger partial charge in [0.05, 0.1) is 5.54 Å². The molecule has 6 heteroatoms. The molecule has 0 aromatic heterocycles. The second-order valence-corrected chi connectivity index (χ2v) is 6.63. The summed E-state index contributed by atoms with van der Waals surface area (Å²) >= 11 is 0. The summed E-state index contributed by atoms with van der Waals surface area (Å²) < 4.78 is 0. The van der Waals surface area contributed by atoms with Gasteiger partial charge >= 0.3 is 6.03 Å². The third kappa shape index (κ3) is 4.09.